The Hall–Kier alpha value is -2.38. The summed E-state index contributed by atoms with van der Waals surface area (Å²) >= 11 is 0. The molecule has 0 unspecified atom stereocenters. The van der Waals surface area contributed by atoms with Gasteiger partial charge in [-0.3, -0.25) is 10.00 Å². The molecular formula is C19H21N3O3S. The lowest BCUT2D eigenvalue weighted by Gasteiger charge is -2.14. The molecule has 1 aromatic heterocycles. The van der Waals surface area contributed by atoms with Crippen LogP contribution in [0, 0.1) is 0 Å². The van der Waals surface area contributed by atoms with Crippen LogP contribution >= 0.6 is 0 Å². The van der Waals surface area contributed by atoms with Gasteiger partial charge in [-0.25, -0.2) is 8.42 Å². The monoisotopic (exact) mass is 371 g/mol. The first kappa shape index (κ1) is 17.1. The number of sulfone groups is 1. The zero-order valence-corrected chi connectivity index (χ0v) is 15.2. The molecule has 6 nitrogen and oxygen atoms in total. The first-order valence-corrected chi connectivity index (χ1v) is 10.3. The summed E-state index contributed by atoms with van der Waals surface area (Å²) < 4.78 is 31.6. The SMILES string of the molecule is O=S(=O)(c1ccccc1)c1[nH]nc2ccc(OCCN3CCCC3)cc12. The van der Waals surface area contributed by atoms with E-state index in [1.165, 1.54) is 12.8 Å². The van der Waals surface area contributed by atoms with E-state index in [0.29, 0.717) is 23.3 Å². The molecule has 0 amide bonds. The number of likely N-dealkylation sites (tertiary alicyclic amines) is 1. The number of hydrogen-bond acceptors (Lipinski definition) is 5. The summed E-state index contributed by atoms with van der Waals surface area (Å²) in [5, 5.41) is 7.45. The molecule has 1 aliphatic heterocycles. The van der Waals surface area contributed by atoms with Gasteiger partial charge in [0.1, 0.15) is 12.4 Å². The summed E-state index contributed by atoms with van der Waals surface area (Å²) in [7, 11) is -3.65. The molecular weight excluding hydrogens is 350 g/mol. The van der Waals surface area contributed by atoms with Crippen molar-refractivity contribution in [2.75, 3.05) is 26.2 Å². The van der Waals surface area contributed by atoms with Crippen LogP contribution in [-0.4, -0.2) is 49.8 Å². The third-order valence-electron chi connectivity index (χ3n) is 4.69. The molecule has 2 aromatic carbocycles. The fourth-order valence-corrected chi connectivity index (χ4v) is 4.65. The molecule has 0 spiro atoms. The van der Waals surface area contributed by atoms with Gasteiger partial charge in [0.15, 0.2) is 5.03 Å². The lowest BCUT2D eigenvalue weighted by molar-refractivity contribution is 0.238. The van der Waals surface area contributed by atoms with Gasteiger partial charge < -0.3 is 4.74 Å². The van der Waals surface area contributed by atoms with E-state index in [4.69, 9.17) is 4.74 Å². The van der Waals surface area contributed by atoms with Crippen LogP contribution < -0.4 is 4.74 Å². The van der Waals surface area contributed by atoms with Crippen LogP contribution in [0.25, 0.3) is 10.9 Å². The first-order chi connectivity index (χ1) is 12.6. The molecule has 26 heavy (non-hydrogen) atoms. The molecule has 136 valence electrons. The summed E-state index contributed by atoms with van der Waals surface area (Å²) in [4.78, 5) is 2.62. The Balaban J connectivity index is 1.58. The van der Waals surface area contributed by atoms with E-state index in [-0.39, 0.29) is 9.92 Å². The molecule has 7 heteroatoms. The first-order valence-electron chi connectivity index (χ1n) is 8.78. The van der Waals surface area contributed by atoms with Gasteiger partial charge in [-0.05, 0) is 56.3 Å². The number of nitrogens with zero attached hydrogens (tertiary/aromatic N) is 2. The zero-order valence-electron chi connectivity index (χ0n) is 14.4. The third-order valence-corrected chi connectivity index (χ3v) is 6.43. The van der Waals surface area contributed by atoms with Gasteiger partial charge in [0, 0.05) is 11.9 Å². The Morgan fingerprint density at radius 3 is 2.62 bits per heavy atom. The fourth-order valence-electron chi connectivity index (χ4n) is 3.28. The van der Waals surface area contributed by atoms with Crippen molar-refractivity contribution in [2.24, 2.45) is 0 Å². The Kier molecular flexibility index (Phi) is 4.65. The van der Waals surface area contributed by atoms with E-state index < -0.39 is 9.84 Å². The topological polar surface area (TPSA) is 75.3 Å². The number of aromatic nitrogens is 2. The van der Waals surface area contributed by atoms with Crippen molar-refractivity contribution in [3.63, 3.8) is 0 Å². The fraction of sp³-hybridized carbons (Fsp3) is 0.316. The number of aromatic amines is 1. The van der Waals surface area contributed by atoms with Gasteiger partial charge in [0.25, 0.3) is 0 Å². The third kappa shape index (κ3) is 3.32. The van der Waals surface area contributed by atoms with E-state index >= 15 is 0 Å². The molecule has 3 aromatic rings. The standard InChI is InChI=1S/C19H21N3O3S/c23-26(24,16-6-2-1-3-7-16)19-17-14-15(8-9-18(17)20-21-19)25-13-12-22-10-4-5-11-22/h1-3,6-9,14H,4-5,10-13H2,(H,20,21). The minimum atomic E-state index is -3.65. The molecule has 1 N–H and O–H groups in total. The number of ether oxygens (including phenoxy) is 1. The summed E-state index contributed by atoms with van der Waals surface area (Å²) in [6, 6.07) is 13.7. The summed E-state index contributed by atoms with van der Waals surface area (Å²) in [6.07, 6.45) is 2.50. The normalized spacial score (nSPS) is 15.5. The maximum atomic E-state index is 12.9. The number of rotatable bonds is 6. The molecule has 2 heterocycles. The quantitative estimate of drug-likeness (QED) is 0.721. The number of H-pyrrole nitrogens is 1. The largest absolute Gasteiger partial charge is 0.492 e. The minimum absolute atomic E-state index is 0.101. The Labute approximate surface area is 152 Å². The minimum Gasteiger partial charge on any atom is -0.492 e. The molecule has 1 fully saturated rings. The van der Waals surface area contributed by atoms with Gasteiger partial charge >= 0.3 is 0 Å². The van der Waals surface area contributed by atoms with E-state index in [1.54, 1.807) is 42.5 Å². The number of nitrogens with one attached hydrogen (secondary N) is 1. The highest BCUT2D eigenvalue weighted by atomic mass is 32.2. The highest BCUT2D eigenvalue weighted by molar-refractivity contribution is 7.91. The molecule has 4 rings (SSSR count). The van der Waals surface area contributed by atoms with Gasteiger partial charge in [0.05, 0.1) is 10.4 Å². The van der Waals surface area contributed by atoms with Crippen molar-refractivity contribution in [3.05, 3.63) is 48.5 Å². The second kappa shape index (κ2) is 7.09. The molecule has 1 aliphatic rings. The summed E-state index contributed by atoms with van der Waals surface area (Å²) in [5.74, 6) is 0.655. The number of benzene rings is 2. The van der Waals surface area contributed by atoms with E-state index in [0.717, 1.165) is 19.6 Å². The van der Waals surface area contributed by atoms with Gasteiger partial charge in [-0.2, -0.15) is 5.10 Å². The van der Waals surface area contributed by atoms with Gasteiger partial charge in [-0.15, -0.1) is 0 Å². The average Bonchev–Trinajstić information content (AvgIpc) is 3.32. The van der Waals surface area contributed by atoms with Crippen LogP contribution in [0.5, 0.6) is 5.75 Å². The van der Waals surface area contributed by atoms with Crippen molar-refractivity contribution < 1.29 is 13.2 Å². The second-order valence-corrected chi connectivity index (χ2v) is 8.33. The Morgan fingerprint density at radius 2 is 1.85 bits per heavy atom. The molecule has 0 bridgehead atoms. The second-order valence-electron chi connectivity index (χ2n) is 6.45. The van der Waals surface area contributed by atoms with Crippen molar-refractivity contribution in [1.82, 2.24) is 15.1 Å². The molecule has 1 saturated heterocycles. The van der Waals surface area contributed by atoms with Crippen molar-refractivity contribution in [1.29, 1.82) is 0 Å². The summed E-state index contributed by atoms with van der Waals surface area (Å²) in [6.45, 7) is 3.73. The van der Waals surface area contributed by atoms with Gasteiger partial charge in [0.2, 0.25) is 9.84 Å². The van der Waals surface area contributed by atoms with Crippen LogP contribution in [-0.2, 0) is 9.84 Å². The van der Waals surface area contributed by atoms with Crippen molar-refractivity contribution in [2.45, 2.75) is 22.8 Å². The predicted molar refractivity (Wildman–Crippen MR) is 99.2 cm³/mol. The van der Waals surface area contributed by atoms with Gasteiger partial charge in [-0.1, -0.05) is 18.2 Å². The Morgan fingerprint density at radius 1 is 1.08 bits per heavy atom. The number of hydrogen-bond donors (Lipinski definition) is 1. The molecule has 0 radical (unpaired) electrons. The molecule has 0 atom stereocenters. The van der Waals surface area contributed by atoms with Crippen LogP contribution in [0.2, 0.25) is 0 Å². The maximum Gasteiger partial charge on any atom is 0.223 e. The lowest BCUT2D eigenvalue weighted by Crippen LogP contribution is -2.25. The van der Waals surface area contributed by atoms with Crippen LogP contribution in [0.4, 0.5) is 0 Å². The molecule has 0 saturated carbocycles. The number of fused-ring (bicyclic) bond motifs is 1. The molecule has 0 aliphatic carbocycles. The van der Waals surface area contributed by atoms with Crippen LogP contribution in [0.15, 0.2) is 58.5 Å². The highest BCUT2D eigenvalue weighted by Gasteiger charge is 2.23. The predicted octanol–water partition coefficient (Wildman–Crippen LogP) is 2.87. The highest BCUT2D eigenvalue weighted by Crippen LogP contribution is 2.29. The Bertz CT molecular complexity index is 993. The van der Waals surface area contributed by atoms with E-state index in [1.807, 2.05) is 6.07 Å². The van der Waals surface area contributed by atoms with Crippen LogP contribution in [0.3, 0.4) is 0 Å². The van der Waals surface area contributed by atoms with Crippen LogP contribution in [0.1, 0.15) is 12.8 Å². The van der Waals surface area contributed by atoms with E-state index in [2.05, 4.69) is 15.1 Å². The lowest BCUT2D eigenvalue weighted by atomic mass is 10.2. The summed E-state index contributed by atoms with van der Waals surface area (Å²) in [5.41, 5.74) is 0.603. The maximum absolute atomic E-state index is 12.9. The zero-order chi connectivity index (χ0) is 18.0. The average molecular weight is 371 g/mol. The van der Waals surface area contributed by atoms with Crippen molar-refractivity contribution >= 4 is 20.7 Å². The smallest absolute Gasteiger partial charge is 0.223 e. The van der Waals surface area contributed by atoms with E-state index in [9.17, 15) is 8.42 Å². The van der Waals surface area contributed by atoms with Crippen molar-refractivity contribution in [3.8, 4) is 5.75 Å².